The number of piperidine rings is 1. The quantitative estimate of drug-likeness (QED) is 0.940. The molecule has 1 aliphatic carbocycles. The average Bonchev–Trinajstić information content (AvgIpc) is 3.47. The minimum Gasteiger partial charge on any atom is -0.356 e. The van der Waals surface area contributed by atoms with E-state index in [0.29, 0.717) is 6.04 Å². The van der Waals surface area contributed by atoms with Crippen molar-refractivity contribution in [3.63, 3.8) is 0 Å². The molecule has 1 amide bonds. The Morgan fingerprint density at radius 1 is 1.12 bits per heavy atom. The zero-order valence-corrected chi connectivity index (χ0v) is 13.7. The number of benzene rings is 1. The third-order valence-electron chi connectivity index (χ3n) is 4.71. The Bertz CT molecular complexity index is 714. The van der Waals surface area contributed by atoms with Crippen molar-refractivity contribution in [3.05, 3.63) is 42.6 Å². The number of hydrogen-bond donors (Lipinski definition) is 1. The van der Waals surface area contributed by atoms with Crippen LogP contribution >= 0.6 is 0 Å². The van der Waals surface area contributed by atoms with Gasteiger partial charge in [0.05, 0.1) is 5.92 Å². The summed E-state index contributed by atoms with van der Waals surface area (Å²) in [6.07, 6.45) is 6.06. The molecule has 4 rings (SSSR count). The van der Waals surface area contributed by atoms with E-state index in [4.69, 9.17) is 4.98 Å². The van der Waals surface area contributed by atoms with Gasteiger partial charge >= 0.3 is 0 Å². The van der Waals surface area contributed by atoms with E-state index in [-0.39, 0.29) is 11.8 Å². The van der Waals surface area contributed by atoms with Crippen LogP contribution in [0.4, 0.5) is 5.82 Å². The van der Waals surface area contributed by atoms with Crippen LogP contribution in [0.25, 0.3) is 11.4 Å². The van der Waals surface area contributed by atoms with E-state index in [9.17, 15) is 4.79 Å². The number of nitrogens with one attached hydrogen (secondary N) is 1. The van der Waals surface area contributed by atoms with E-state index in [2.05, 4.69) is 15.2 Å². The van der Waals surface area contributed by atoms with Crippen molar-refractivity contribution in [2.75, 3.05) is 18.0 Å². The van der Waals surface area contributed by atoms with Crippen LogP contribution < -0.4 is 10.2 Å². The first-order chi connectivity index (χ1) is 11.8. The van der Waals surface area contributed by atoms with E-state index >= 15 is 0 Å². The Labute approximate surface area is 142 Å². The molecule has 2 aromatic rings. The molecule has 1 N–H and O–H groups in total. The molecule has 2 heterocycles. The highest BCUT2D eigenvalue weighted by Crippen LogP contribution is 2.25. The van der Waals surface area contributed by atoms with Crippen LogP contribution in [0.3, 0.4) is 0 Å². The molecule has 0 radical (unpaired) electrons. The molecule has 0 spiro atoms. The van der Waals surface area contributed by atoms with Crippen LogP contribution in [-0.4, -0.2) is 35.0 Å². The molecule has 5 heteroatoms. The monoisotopic (exact) mass is 322 g/mol. The van der Waals surface area contributed by atoms with Crippen molar-refractivity contribution in [2.24, 2.45) is 5.92 Å². The lowest BCUT2D eigenvalue weighted by molar-refractivity contribution is -0.125. The summed E-state index contributed by atoms with van der Waals surface area (Å²) < 4.78 is 0. The highest BCUT2D eigenvalue weighted by Gasteiger charge is 2.30. The summed E-state index contributed by atoms with van der Waals surface area (Å²) in [6, 6.07) is 12.4. The van der Waals surface area contributed by atoms with Crippen molar-refractivity contribution in [1.29, 1.82) is 0 Å². The first-order valence-electron chi connectivity index (χ1n) is 8.73. The van der Waals surface area contributed by atoms with Gasteiger partial charge in [0.1, 0.15) is 5.82 Å². The summed E-state index contributed by atoms with van der Waals surface area (Å²) in [5, 5.41) is 3.13. The third kappa shape index (κ3) is 3.40. The lowest BCUT2D eigenvalue weighted by Crippen LogP contribution is -2.44. The van der Waals surface area contributed by atoms with Crippen LogP contribution in [0.5, 0.6) is 0 Å². The summed E-state index contributed by atoms with van der Waals surface area (Å²) in [4.78, 5) is 23.7. The van der Waals surface area contributed by atoms with Gasteiger partial charge in [-0.05, 0) is 31.7 Å². The SMILES string of the molecule is O=C(NC1CC1)C1CCCN(c2ccnc(-c3ccccc3)n2)C1. The van der Waals surface area contributed by atoms with Gasteiger partial charge in [-0.1, -0.05) is 30.3 Å². The zero-order valence-electron chi connectivity index (χ0n) is 13.7. The van der Waals surface area contributed by atoms with Gasteiger partial charge in [-0.3, -0.25) is 4.79 Å². The number of hydrogen-bond acceptors (Lipinski definition) is 4. The molecule has 0 bridgehead atoms. The molecule has 2 aliphatic rings. The van der Waals surface area contributed by atoms with Crippen molar-refractivity contribution >= 4 is 11.7 Å². The van der Waals surface area contributed by atoms with Gasteiger partial charge in [-0.15, -0.1) is 0 Å². The van der Waals surface area contributed by atoms with E-state index in [1.807, 2.05) is 36.4 Å². The van der Waals surface area contributed by atoms with Crippen molar-refractivity contribution in [2.45, 2.75) is 31.7 Å². The fourth-order valence-corrected chi connectivity index (χ4v) is 3.20. The molecule has 1 atom stereocenters. The summed E-state index contributed by atoms with van der Waals surface area (Å²) in [6.45, 7) is 1.68. The molecule has 124 valence electrons. The van der Waals surface area contributed by atoms with Crippen LogP contribution in [0.15, 0.2) is 42.6 Å². The molecule has 5 nitrogen and oxygen atoms in total. The Hall–Kier alpha value is -2.43. The first-order valence-corrected chi connectivity index (χ1v) is 8.73. The minimum absolute atomic E-state index is 0.0643. The van der Waals surface area contributed by atoms with Crippen LogP contribution in [0.2, 0.25) is 0 Å². The second kappa shape index (κ2) is 6.59. The second-order valence-corrected chi connectivity index (χ2v) is 6.67. The predicted molar refractivity (Wildman–Crippen MR) is 93.6 cm³/mol. The predicted octanol–water partition coefficient (Wildman–Crippen LogP) is 2.64. The third-order valence-corrected chi connectivity index (χ3v) is 4.71. The number of aromatic nitrogens is 2. The molecule has 2 fully saturated rings. The molecule has 1 unspecified atom stereocenters. The van der Waals surface area contributed by atoms with Crippen LogP contribution in [-0.2, 0) is 4.79 Å². The van der Waals surface area contributed by atoms with Gasteiger partial charge in [0.15, 0.2) is 5.82 Å². The van der Waals surface area contributed by atoms with Gasteiger partial charge in [0, 0.05) is 30.9 Å². The second-order valence-electron chi connectivity index (χ2n) is 6.67. The Kier molecular flexibility index (Phi) is 4.15. The fourth-order valence-electron chi connectivity index (χ4n) is 3.20. The molecule has 1 aromatic carbocycles. The summed E-state index contributed by atoms with van der Waals surface area (Å²) in [5.41, 5.74) is 1.01. The standard InChI is InChI=1S/C19H22N4O/c24-19(21-16-8-9-16)15-7-4-12-23(13-15)17-10-11-20-18(22-17)14-5-2-1-3-6-14/h1-3,5-6,10-11,15-16H,4,7-9,12-13H2,(H,21,24). The lowest BCUT2D eigenvalue weighted by atomic mass is 9.97. The largest absolute Gasteiger partial charge is 0.356 e. The highest BCUT2D eigenvalue weighted by molar-refractivity contribution is 5.80. The number of nitrogens with zero attached hydrogens (tertiary/aromatic N) is 3. The van der Waals surface area contributed by atoms with Gasteiger partial charge in [0.25, 0.3) is 0 Å². The topological polar surface area (TPSA) is 58.1 Å². The fraction of sp³-hybridized carbons (Fsp3) is 0.421. The van der Waals surface area contributed by atoms with Crippen LogP contribution in [0, 0.1) is 5.92 Å². The Balaban J connectivity index is 1.49. The molecule has 1 aromatic heterocycles. The molecule has 1 saturated carbocycles. The molecular weight excluding hydrogens is 300 g/mol. The maximum Gasteiger partial charge on any atom is 0.225 e. The minimum atomic E-state index is 0.0643. The smallest absolute Gasteiger partial charge is 0.225 e. The number of anilines is 1. The maximum absolute atomic E-state index is 12.3. The summed E-state index contributed by atoms with van der Waals surface area (Å²) in [5.74, 6) is 1.92. The lowest BCUT2D eigenvalue weighted by Gasteiger charge is -2.33. The number of amides is 1. The summed E-state index contributed by atoms with van der Waals surface area (Å²) in [7, 11) is 0. The van der Waals surface area contributed by atoms with E-state index in [0.717, 1.165) is 56.0 Å². The van der Waals surface area contributed by atoms with E-state index in [1.54, 1.807) is 6.20 Å². The van der Waals surface area contributed by atoms with Crippen LogP contribution in [0.1, 0.15) is 25.7 Å². The zero-order chi connectivity index (χ0) is 16.4. The number of rotatable bonds is 4. The Morgan fingerprint density at radius 2 is 1.96 bits per heavy atom. The van der Waals surface area contributed by atoms with Crippen molar-refractivity contribution in [3.8, 4) is 11.4 Å². The van der Waals surface area contributed by atoms with Gasteiger partial charge in [-0.2, -0.15) is 0 Å². The molecular formula is C19H22N4O. The Morgan fingerprint density at radius 3 is 2.75 bits per heavy atom. The maximum atomic E-state index is 12.3. The first kappa shape index (κ1) is 15.1. The summed E-state index contributed by atoms with van der Waals surface area (Å²) >= 11 is 0. The number of carbonyl (C=O) groups excluding carboxylic acids is 1. The van der Waals surface area contributed by atoms with Gasteiger partial charge < -0.3 is 10.2 Å². The van der Waals surface area contributed by atoms with Gasteiger partial charge in [0.2, 0.25) is 5.91 Å². The molecule has 1 aliphatic heterocycles. The van der Waals surface area contributed by atoms with E-state index < -0.39 is 0 Å². The van der Waals surface area contributed by atoms with E-state index in [1.165, 1.54) is 0 Å². The van der Waals surface area contributed by atoms with Crippen molar-refractivity contribution < 1.29 is 4.79 Å². The van der Waals surface area contributed by atoms with Gasteiger partial charge in [-0.25, -0.2) is 9.97 Å². The number of carbonyl (C=O) groups is 1. The normalized spacial score (nSPS) is 20.7. The molecule has 1 saturated heterocycles. The molecule has 24 heavy (non-hydrogen) atoms. The van der Waals surface area contributed by atoms with Crippen molar-refractivity contribution in [1.82, 2.24) is 15.3 Å². The highest BCUT2D eigenvalue weighted by atomic mass is 16.2. The average molecular weight is 322 g/mol.